The number of aliphatic imine (C=N–C) groups is 1. The molecule has 27 heavy (non-hydrogen) atoms. The Morgan fingerprint density at radius 1 is 0.963 bits per heavy atom. The molecule has 0 saturated heterocycles. The molecule has 0 fully saturated rings. The summed E-state index contributed by atoms with van der Waals surface area (Å²) in [6.45, 7) is 0. The van der Waals surface area contributed by atoms with Crippen molar-refractivity contribution >= 4 is 38.0 Å². The topological polar surface area (TPSA) is 65.0 Å². The number of halogens is 1. The standard InChI is InChI=1S/C20H16BrNO4S/c1-25-19-13-15(14-22-16-8-4-2-5-9-16)12-18(21)20(19)26-27(23,24)17-10-6-3-7-11-17/h2-14H,1H3. The van der Waals surface area contributed by atoms with Gasteiger partial charge in [0.05, 0.1) is 17.3 Å². The molecule has 0 unspecified atom stereocenters. The third kappa shape index (κ3) is 4.75. The first-order valence-electron chi connectivity index (χ1n) is 7.96. The van der Waals surface area contributed by atoms with Crippen LogP contribution < -0.4 is 8.92 Å². The number of hydrogen-bond acceptors (Lipinski definition) is 5. The van der Waals surface area contributed by atoms with Gasteiger partial charge in [0.25, 0.3) is 0 Å². The molecule has 0 aliphatic heterocycles. The number of para-hydroxylation sites is 1. The number of hydrogen-bond donors (Lipinski definition) is 0. The molecule has 0 saturated carbocycles. The summed E-state index contributed by atoms with van der Waals surface area (Å²) >= 11 is 3.36. The fourth-order valence-corrected chi connectivity index (χ4v) is 3.93. The van der Waals surface area contributed by atoms with Crippen LogP contribution in [0.3, 0.4) is 0 Å². The minimum Gasteiger partial charge on any atom is -0.493 e. The Morgan fingerprint density at radius 3 is 2.22 bits per heavy atom. The molecule has 7 heteroatoms. The molecule has 0 heterocycles. The maximum atomic E-state index is 12.5. The quantitative estimate of drug-likeness (QED) is 0.396. The van der Waals surface area contributed by atoms with Gasteiger partial charge >= 0.3 is 10.1 Å². The molecule has 3 aromatic rings. The van der Waals surface area contributed by atoms with Gasteiger partial charge in [0, 0.05) is 6.21 Å². The lowest BCUT2D eigenvalue weighted by Gasteiger charge is -2.13. The van der Waals surface area contributed by atoms with Crippen molar-refractivity contribution < 1.29 is 17.3 Å². The molecule has 0 amide bonds. The van der Waals surface area contributed by atoms with Gasteiger partial charge in [0.15, 0.2) is 11.5 Å². The Kier molecular flexibility index (Phi) is 5.93. The van der Waals surface area contributed by atoms with Crippen LogP contribution in [0.5, 0.6) is 11.5 Å². The summed E-state index contributed by atoms with van der Waals surface area (Å²) in [5.41, 5.74) is 1.53. The van der Waals surface area contributed by atoms with Crippen molar-refractivity contribution in [3.05, 3.63) is 82.8 Å². The highest BCUT2D eigenvalue weighted by atomic mass is 79.9. The van der Waals surface area contributed by atoms with Crippen molar-refractivity contribution in [1.82, 2.24) is 0 Å². The predicted molar refractivity (Wildman–Crippen MR) is 109 cm³/mol. The minimum atomic E-state index is -3.98. The lowest BCUT2D eigenvalue weighted by Crippen LogP contribution is -2.11. The zero-order valence-corrected chi connectivity index (χ0v) is 16.8. The molecule has 0 aromatic heterocycles. The minimum absolute atomic E-state index is 0.0636. The molecule has 138 valence electrons. The van der Waals surface area contributed by atoms with Crippen LogP contribution in [-0.2, 0) is 10.1 Å². The summed E-state index contributed by atoms with van der Waals surface area (Å²) in [7, 11) is -2.53. The molecule has 5 nitrogen and oxygen atoms in total. The number of ether oxygens (including phenoxy) is 1. The van der Waals surface area contributed by atoms with E-state index in [1.807, 2.05) is 30.3 Å². The largest absolute Gasteiger partial charge is 0.493 e. The van der Waals surface area contributed by atoms with Crippen LogP contribution in [0.4, 0.5) is 5.69 Å². The van der Waals surface area contributed by atoms with Crippen LogP contribution in [0.2, 0.25) is 0 Å². The number of nitrogens with zero attached hydrogens (tertiary/aromatic N) is 1. The maximum absolute atomic E-state index is 12.5. The van der Waals surface area contributed by atoms with Gasteiger partial charge in [-0.2, -0.15) is 8.42 Å². The van der Waals surface area contributed by atoms with Crippen molar-refractivity contribution in [3.63, 3.8) is 0 Å². The van der Waals surface area contributed by atoms with Gasteiger partial charge in [-0.3, -0.25) is 4.99 Å². The third-order valence-corrected chi connectivity index (χ3v) is 5.42. The van der Waals surface area contributed by atoms with Gasteiger partial charge in [-0.25, -0.2) is 0 Å². The van der Waals surface area contributed by atoms with E-state index in [4.69, 9.17) is 8.92 Å². The van der Waals surface area contributed by atoms with Crippen molar-refractivity contribution in [3.8, 4) is 11.5 Å². The molecular formula is C20H16BrNO4S. The zero-order valence-electron chi connectivity index (χ0n) is 14.4. The van der Waals surface area contributed by atoms with Crippen LogP contribution in [0.1, 0.15) is 5.56 Å². The number of benzene rings is 3. The fourth-order valence-electron chi connectivity index (χ4n) is 2.30. The summed E-state index contributed by atoms with van der Waals surface area (Å²) in [5.74, 6) is 0.358. The second-order valence-corrected chi connectivity index (χ2v) is 7.88. The Labute approximate surface area is 166 Å². The van der Waals surface area contributed by atoms with E-state index in [9.17, 15) is 8.42 Å². The molecular weight excluding hydrogens is 430 g/mol. The lowest BCUT2D eigenvalue weighted by molar-refractivity contribution is 0.389. The number of methoxy groups -OCH3 is 1. The molecule has 0 radical (unpaired) electrons. The molecule has 0 aliphatic carbocycles. The summed E-state index contributed by atoms with van der Waals surface area (Å²) in [4.78, 5) is 4.45. The second kappa shape index (κ2) is 8.37. The van der Waals surface area contributed by atoms with Crippen molar-refractivity contribution in [2.24, 2.45) is 4.99 Å². The number of rotatable bonds is 6. The van der Waals surface area contributed by atoms with Crippen LogP contribution >= 0.6 is 15.9 Å². The first kappa shape index (κ1) is 19.1. The molecule has 0 atom stereocenters. The van der Waals surface area contributed by atoms with Crippen LogP contribution in [0.15, 0.2) is 87.2 Å². The van der Waals surface area contributed by atoms with E-state index < -0.39 is 10.1 Å². The molecule has 0 N–H and O–H groups in total. The van der Waals surface area contributed by atoms with Gasteiger partial charge < -0.3 is 8.92 Å². The average molecular weight is 446 g/mol. The van der Waals surface area contributed by atoms with E-state index >= 15 is 0 Å². The van der Waals surface area contributed by atoms with Crippen LogP contribution in [0, 0.1) is 0 Å². The highest BCUT2D eigenvalue weighted by molar-refractivity contribution is 9.10. The summed E-state index contributed by atoms with van der Waals surface area (Å²) in [6.07, 6.45) is 1.66. The molecule has 3 rings (SSSR count). The van der Waals surface area contributed by atoms with E-state index in [1.54, 1.807) is 36.5 Å². The second-order valence-electron chi connectivity index (χ2n) is 5.48. The Bertz CT molecular complexity index is 1050. The van der Waals surface area contributed by atoms with Gasteiger partial charge in [0.2, 0.25) is 0 Å². The van der Waals surface area contributed by atoms with Gasteiger partial charge in [-0.05, 0) is 57.9 Å². The highest BCUT2D eigenvalue weighted by Crippen LogP contribution is 2.38. The molecule has 0 aliphatic rings. The first-order chi connectivity index (χ1) is 13.0. The molecule has 0 spiro atoms. The lowest BCUT2D eigenvalue weighted by atomic mass is 10.2. The SMILES string of the molecule is COc1cc(C=Nc2ccccc2)cc(Br)c1OS(=O)(=O)c1ccccc1. The average Bonchev–Trinajstić information content (AvgIpc) is 2.69. The monoisotopic (exact) mass is 445 g/mol. The smallest absolute Gasteiger partial charge is 0.339 e. The van der Waals surface area contributed by atoms with E-state index in [1.165, 1.54) is 19.2 Å². The Hall–Kier alpha value is -2.64. The highest BCUT2D eigenvalue weighted by Gasteiger charge is 2.21. The predicted octanol–water partition coefficient (Wildman–Crippen LogP) is 4.98. The van der Waals surface area contributed by atoms with Gasteiger partial charge in [0.1, 0.15) is 4.90 Å². The van der Waals surface area contributed by atoms with E-state index in [-0.39, 0.29) is 16.4 Å². The van der Waals surface area contributed by atoms with Crippen molar-refractivity contribution in [1.29, 1.82) is 0 Å². The fraction of sp³-hybridized carbons (Fsp3) is 0.0500. The van der Waals surface area contributed by atoms with Crippen molar-refractivity contribution in [2.75, 3.05) is 7.11 Å². The summed E-state index contributed by atoms with van der Waals surface area (Å²) in [6, 6.07) is 20.8. The van der Waals surface area contributed by atoms with Crippen molar-refractivity contribution in [2.45, 2.75) is 4.90 Å². The van der Waals surface area contributed by atoms with E-state index in [2.05, 4.69) is 20.9 Å². The normalized spacial score (nSPS) is 11.5. The maximum Gasteiger partial charge on any atom is 0.339 e. The first-order valence-corrected chi connectivity index (χ1v) is 10.2. The Morgan fingerprint density at radius 2 is 1.59 bits per heavy atom. The molecule has 0 bridgehead atoms. The van der Waals surface area contributed by atoms with Crippen LogP contribution in [0.25, 0.3) is 0 Å². The zero-order chi connectivity index (χ0) is 19.3. The van der Waals surface area contributed by atoms with E-state index in [0.717, 1.165) is 11.3 Å². The Balaban J connectivity index is 1.92. The summed E-state index contributed by atoms with van der Waals surface area (Å²) in [5, 5.41) is 0. The van der Waals surface area contributed by atoms with Crippen LogP contribution in [-0.4, -0.2) is 21.7 Å². The van der Waals surface area contributed by atoms with Gasteiger partial charge in [-0.15, -0.1) is 0 Å². The van der Waals surface area contributed by atoms with E-state index in [0.29, 0.717) is 4.47 Å². The third-order valence-electron chi connectivity index (χ3n) is 3.60. The van der Waals surface area contributed by atoms with Gasteiger partial charge in [-0.1, -0.05) is 36.4 Å². The summed E-state index contributed by atoms with van der Waals surface area (Å²) < 4.78 is 36.1. The molecule has 3 aromatic carbocycles.